The molecule has 4 aliphatic carbocycles. The Bertz CT molecular complexity index is 861. The van der Waals surface area contributed by atoms with Crippen LogP contribution in [-0.2, 0) is 23.8 Å². The van der Waals surface area contributed by atoms with Gasteiger partial charge >= 0.3 is 5.97 Å². The second-order valence-corrected chi connectivity index (χ2v) is 13.6. The molecular formula is C29H44O5. The summed E-state index contributed by atoms with van der Waals surface area (Å²) in [4.78, 5) is 24.7. The number of ketones is 1. The van der Waals surface area contributed by atoms with Crippen LogP contribution in [-0.4, -0.2) is 36.4 Å². The molecule has 12 atom stereocenters. The molecule has 6 rings (SSSR count). The maximum Gasteiger partial charge on any atom is 0.302 e. The molecule has 2 aliphatic heterocycles. The average molecular weight is 473 g/mol. The van der Waals surface area contributed by atoms with Crippen molar-refractivity contribution in [1.82, 2.24) is 0 Å². The van der Waals surface area contributed by atoms with E-state index in [1.807, 2.05) is 0 Å². The number of ether oxygens (including phenoxy) is 3. The molecule has 190 valence electrons. The quantitative estimate of drug-likeness (QED) is 0.469. The molecule has 34 heavy (non-hydrogen) atoms. The fourth-order valence-corrected chi connectivity index (χ4v) is 10.4. The van der Waals surface area contributed by atoms with Crippen molar-refractivity contribution in [3.8, 4) is 0 Å². The van der Waals surface area contributed by atoms with E-state index in [1.165, 1.54) is 12.8 Å². The number of hydrogen-bond donors (Lipinski definition) is 0. The fourth-order valence-electron chi connectivity index (χ4n) is 10.4. The third-order valence-electron chi connectivity index (χ3n) is 12.1. The van der Waals surface area contributed by atoms with Gasteiger partial charge < -0.3 is 14.2 Å². The van der Waals surface area contributed by atoms with Gasteiger partial charge in [-0.3, -0.25) is 9.59 Å². The van der Waals surface area contributed by atoms with E-state index in [9.17, 15) is 9.59 Å². The molecule has 2 saturated heterocycles. The number of rotatable bonds is 1. The molecule has 7 unspecified atom stereocenters. The topological polar surface area (TPSA) is 61.8 Å². The monoisotopic (exact) mass is 472 g/mol. The van der Waals surface area contributed by atoms with Gasteiger partial charge in [0.1, 0.15) is 11.9 Å². The highest BCUT2D eigenvalue weighted by Gasteiger charge is 2.72. The van der Waals surface area contributed by atoms with Crippen molar-refractivity contribution < 1.29 is 23.8 Å². The summed E-state index contributed by atoms with van der Waals surface area (Å²) < 4.78 is 19.6. The fraction of sp³-hybridized carbons (Fsp3) is 0.931. The SMILES string of the molecule is CC(=O)O[C@H]1CC2C(CC[C@H]3CC(=O)CC[C@]23C)C2CC3OC4(CCC(C)CO4)[C@@H](C)C3[C@]21C. The Morgan fingerprint density at radius 3 is 2.56 bits per heavy atom. The summed E-state index contributed by atoms with van der Waals surface area (Å²) in [5, 5.41) is 0. The zero-order chi connectivity index (χ0) is 24.0. The third kappa shape index (κ3) is 3.11. The van der Waals surface area contributed by atoms with Gasteiger partial charge in [-0.15, -0.1) is 0 Å². The van der Waals surface area contributed by atoms with E-state index in [4.69, 9.17) is 14.2 Å². The molecule has 0 aromatic carbocycles. The lowest BCUT2D eigenvalue weighted by Gasteiger charge is -2.62. The number of carbonyl (C=O) groups is 2. The summed E-state index contributed by atoms with van der Waals surface area (Å²) in [6.45, 7) is 11.8. The number of carbonyl (C=O) groups excluding carboxylic acids is 2. The summed E-state index contributed by atoms with van der Waals surface area (Å²) in [5.74, 6) is 3.23. The summed E-state index contributed by atoms with van der Waals surface area (Å²) in [7, 11) is 0. The number of esters is 1. The largest absolute Gasteiger partial charge is 0.462 e. The maximum atomic E-state index is 12.4. The van der Waals surface area contributed by atoms with E-state index in [0.717, 1.165) is 51.6 Å². The standard InChI is InChI=1S/C29H44O5/c1-16-8-11-29(32-15-16)17(2)26-24(34-29)13-23-21-7-6-19-12-20(31)9-10-27(19,4)22(21)14-25(28(23,26)5)33-18(3)30/h16-17,19,21-26H,6-15H2,1-5H3/t16?,17-,19-,21?,22?,23?,24?,25-,26?,27-,28+,29?/m0/s1. The van der Waals surface area contributed by atoms with Crippen LogP contribution in [0, 0.1) is 52.3 Å². The minimum Gasteiger partial charge on any atom is -0.462 e. The molecule has 5 heteroatoms. The Morgan fingerprint density at radius 2 is 1.85 bits per heavy atom. The van der Waals surface area contributed by atoms with Crippen LogP contribution in [0.2, 0.25) is 0 Å². The molecule has 5 nitrogen and oxygen atoms in total. The first kappa shape index (κ1) is 23.5. The van der Waals surface area contributed by atoms with Gasteiger partial charge in [0.25, 0.3) is 0 Å². The Balaban J connectivity index is 1.35. The van der Waals surface area contributed by atoms with Gasteiger partial charge in [-0.1, -0.05) is 27.7 Å². The smallest absolute Gasteiger partial charge is 0.302 e. The van der Waals surface area contributed by atoms with Crippen LogP contribution in [0.3, 0.4) is 0 Å². The highest BCUT2D eigenvalue weighted by atomic mass is 16.7. The van der Waals surface area contributed by atoms with Crippen LogP contribution < -0.4 is 0 Å². The van der Waals surface area contributed by atoms with Gasteiger partial charge in [-0.25, -0.2) is 0 Å². The molecule has 4 saturated carbocycles. The Hall–Kier alpha value is -0.940. The molecule has 0 N–H and O–H groups in total. The van der Waals surface area contributed by atoms with E-state index in [-0.39, 0.29) is 29.0 Å². The van der Waals surface area contributed by atoms with E-state index < -0.39 is 5.79 Å². The van der Waals surface area contributed by atoms with Crippen LogP contribution in [0.1, 0.15) is 92.4 Å². The Labute approximate surface area is 205 Å². The van der Waals surface area contributed by atoms with Crippen LogP contribution in [0.15, 0.2) is 0 Å². The Morgan fingerprint density at radius 1 is 1.06 bits per heavy atom. The summed E-state index contributed by atoms with van der Waals surface area (Å²) >= 11 is 0. The summed E-state index contributed by atoms with van der Waals surface area (Å²) in [6, 6.07) is 0. The van der Waals surface area contributed by atoms with Gasteiger partial charge in [-0.05, 0) is 73.5 Å². The zero-order valence-electron chi connectivity index (χ0n) is 21.8. The molecule has 0 radical (unpaired) electrons. The molecule has 0 bridgehead atoms. The van der Waals surface area contributed by atoms with Crippen molar-refractivity contribution in [2.75, 3.05) is 6.61 Å². The predicted molar refractivity (Wildman–Crippen MR) is 128 cm³/mol. The summed E-state index contributed by atoms with van der Waals surface area (Å²) in [5.41, 5.74) is 0.102. The van der Waals surface area contributed by atoms with Crippen LogP contribution in [0.4, 0.5) is 0 Å². The molecule has 0 amide bonds. The number of hydrogen-bond acceptors (Lipinski definition) is 5. The third-order valence-corrected chi connectivity index (χ3v) is 12.1. The molecule has 6 aliphatic rings. The first-order valence-electron chi connectivity index (χ1n) is 14.1. The number of fused-ring (bicyclic) bond motifs is 7. The highest BCUT2D eigenvalue weighted by Crippen LogP contribution is 2.71. The minimum absolute atomic E-state index is 0.0804. The van der Waals surface area contributed by atoms with E-state index >= 15 is 0 Å². The molecular weight excluding hydrogens is 428 g/mol. The van der Waals surface area contributed by atoms with Crippen LogP contribution in [0.5, 0.6) is 0 Å². The second-order valence-electron chi connectivity index (χ2n) is 13.6. The van der Waals surface area contributed by atoms with Gasteiger partial charge in [0.15, 0.2) is 5.79 Å². The zero-order valence-corrected chi connectivity index (χ0v) is 21.8. The van der Waals surface area contributed by atoms with Crippen molar-refractivity contribution in [3.63, 3.8) is 0 Å². The van der Waals surface area contributed by atoms with E-state index in [1.54, 1.807) is 6.92 Å². The predicted octanol–water partition coefficient (Wildman–Crippen LogP) is 5.54. The van der Waals surface area contributed by atoms with Crippen molar-refractivity contribution in [3.05, 3.63) is 0 Å². The van der Waals surface area contributed by atoms with Crippen molar-refractivity contribution >= 4 is 11.8 Å². The van der Waals surface area contributed by atoms with Gasteiger partial charge in [-0.2, -0.15) is 0 Å². The van der Waals surface area contributed by atoms with Crippen molar-refractivity contribution in [2.24, 2.45) is 52.3 Å². The molecule has 6 fully saturated rings. The molecule has 0 aromatic heterocycles. The lowest BCUT2D eigenvalue weighted by atomic mass is 9.43. The molecule has 1 spiro atoms. The first-order valence-corrected chi connectivity index (χ1v) is 14.1. The maximum absolute atomic E-state index is 12.4. The van der Waals surface area contributed by atoms with E-state index in [2.05, 4.69) is 27.7 Å². The molecule has 2 heterocycles. The highest BCUT2D eigenvalue weighted by molar-refractivity contribution is 5.79. The van der Waals surface area contributed by atoms with Gasteiger partial charge in [0.2, 0.25) is 0 Å². The second kappa shape index (κ2) is 7.78. The summed E-state index contributed by atoms with van der Waals surface area (Å²) in [6.07, 6.45) is 9.10. The van der Waals surface area contributed by atoms with Gasteiger partial charge in [0, 0.05) is 43.4 Å². The van der Waals surface area contributed by atoms with Crippen molar-refractivity contribution in [1.29, 1.82) is 0 Å². The minimum atomic E-state index is -0.458. The lowest BCUT2D eigenvalue weighted by molar-refractivity contribution is -0.274. The van der Waals surface area contributed by atoms with Crippen molar-refractivity contribution in [2.45, 2.75) is 110 Å². The first-order chi connectivity index (χ1) is 16.1. The van der Waals surface area contributed by atoms with Crippen LogP contribution in [0.25, 0.3) is 0 Å². The van der Waals surface area contributed by atoms with Gasteiger partial charge in [0.05, 0.1) is 12.7 Å². The number of Topliss-reactive ketones (excluding diaryl/α,β-unsaturated/α-hetero) is 1. The van der Waals surface area contributed by atoms with Crippen LogP contribution >= 0.6 is 0 Å². The lowest BCUT2D eigenvalue weighted by Crippen LogP contribution is -2.60. The Kier molecular flexibility index (Phi) is 5.37. The normalized spacial score (nSPS) is 56.4. The average Bonchev–Trinajstić information content (AvgIpc) is 3.23. The molecule has 0 aromatic rings. The van der Waals surface area contributed by atoms with E-state index in [0.29, 0.717) is 47.2 Å².